The van der Waals surface area contributed by atoms with E-state index in [1.54, 1.807) is 24.3 Å². The van der Waals surface area contributed by atoms with E-state index in [4.69, 9.17) is 10.00 Å². The van der Waals surface area contributed by atoms with Crippen LogP contribution in [0.3, 0.4) is 0 Å². The molecule has 0 bridgehead atoms. The number of ether oxygens (including phenoxy) is 1. The van der Waals surface area contributed by atoms with Gasteiger partial charge in [-0.25, -0.2) is 4.39 Å². The van der Waals surface area contributed by atoms with E-state index in [-0.39, 0.29) is 11.3 Å². The van der Waals surface area contributed by atoms with Crippen molar-refractivity contribution in [1.29, 1.82) is 5.26 Å². The van der Waals surface area contributed by atoms with E-state index in [9.17, 15) is 4.39 Å². The Labute approximate surface area is 92.5 Å². The third-order valence-corrected chi connectivity index (χ3v) is 2.05. The largest absolute Gasteiger partial charge is 0.453 e. The van der Waals surface area contributed by atoms with Gasteiger partial charge in [0.25, 0.3) is 0 Å². The highest BCUT2D eigenvalue weighted by Gasteiger charge is 2.09. The number of para-hydroxylation sites is 2. The third-order valence-electron chi connectivity index (χ3n) is 2.05. The van der Waals surface area contributed by atoms with E-state index in [1.807, 2.05) is 12.1 Å². The van der Waals surface area contributed by atoms with Crippen molar-refractivity contribution in [2.24, 2.45) is 0 Å². The lowest BCUT2D eigenvalue weighted by Crippen LogP contribution is -1.91. The van der Waals surface area contributed by atoms with E-state index < -0.39 is 5.82 Å². The summed E-state index contributed by atoms with van der Waals surface area (Å²) >= 11 is 0. The number of benzene rings is 2. The zero-order valence-electron chi connectivity index (χ0n) is 8.35. The van der Waals surface area contributed by atoms with E-state index in [2.05, 4.69) is 0 Å². The zero-order chi connectivity index (χ0) is 11.4. The SMILES string of the molecule is N#Cc1cccc(F)c1Oc1ccccc1. The van der Waals surface area contributed by atoms with Gasteiger partial charge in [0.1, 0.15) is 11.8 Å². The fraction of sp³-hybridized carbons (Fsp3) is 0. The highest BCUT2D eigenvalue weighted by atomic mass is 19.1. The lowest BCUT2D eigenvalue weighted by Gasteiger charge is -2.07. The predicted octanol–water partition coefficient (Wildman–Crippen LogP) is 3.49. The first-order chi connectivity index (χ1) is 7.81. The van der Waals surface area contributed by atoms with Crippen LogP contribution in [-0.2, 0) is 0 Å². The van der Waals surface area contributed by atoms with Crippen LogP contribution in [0.25, 0.3) is 0 Å². The van der Waals surface area contributed by atoms with Crippen LogP contribution in [0, 0.1) is 17.1 Å². The van der Waals surface area contributed by atoms with Crippen molar-refractivity contribution < 1.29 is 9.13 Å². The average molecular weight is 213 g/mol. The Hall–Kier alpha value is -2.34. The number of hydrogen-bond donors (Lipinski definition) is 0. The summed E-state index contributed by atoms with van der Waals surface area (Å²) in [6, 6.07) is 14.9. The molecule has 2 nitrogen and oxygen atoms in total. The van der Waals surface area contributed by atoms with Crippen molar-refractivity contribution in [2.45, 2.75) is 0 Å². The smallest absolute Gasteiger partial charge is 0.180 e. The molecule has 16 heavy (non-hydrogen) atoms. The van der Waals surface area contributed by atoms with Crippen molar-refractivity contribution in [3.63, 3.8) is 0 Å². The molecule has 0 N–H and O–H groups in total. The predicted molar refractivity (Wildman–Crippen MR) is 57.6 cm³/mol. The molecule has 3 heteroatoms. The fourth-order valence-electron chi connectivity index (χ4n) is 1.31. The standard InChI is InChI=1S/C13H8FNO/c14-12-8-4-5-10(9-15)13(12)16-11-6-2-1-3-7-11/h1-8H. The van der Waals surface area contributed by atoms with E-state index in [1.165, 1.54) is 18.2 Å². The molecule has 78 valence electrons. The summed E-state index contributed by atoms with van der Waals surface area (Å²) in [5.41, 5.74) is 0.184. The number of nitriles is 1. The van der Waals surface area contributed by atoms with Crippen LogP contribution in [0.5, 0.6) is 11.5 Å². The molecule has 0 saturated heterocycles. The number of halogens is 1. The topological polar surface area (TPSA) is 33.0 Å². The molecule has 2 aromatic rings. The van der Waals surface area contributed by atoms with Crippen LogP contribution in [0.4, 0.5) is 4.39 Å². The molecule has 0 aliphatic heterocycles. The van der Waals surface area contributed by atoms with Gasteiger partial charge in [0.2, 0.25) is 0 Å². The van der Waals surface area contributed by atoms with Crippen LogP contribution in [0.1, 0.15) is 5.56 Å². The molecule has 0 spiro atoms. The summed E-state index contributed by atoms with van der Waals surface area (Å²) in [5, 5.41) is 8.82. The fourth-order valence-corrected chi connectivity index (χ4v) is 1.31. The summed E-state index contributed by atoms with van der Waals surface area (Å²) in [6.45, 7) is 0. The zero-order valence-corrected chi connectivity index (χ0v) is 8.35. The molecule has 0 atom stereocenters. The normalized spacial score (nSPS) is 9.50. The van der Waals surface area contributed by atoms with Crippen LogP contribution >= 0.6 is 0 Å². The molecule has 0 aliphatic carbocycles. The first-order valence-corrected chi connectivity index (χ1v) is 4.73. The van der Waals surface area contributed by atoms with Gasteiger partial charge in [0, 0.05) is 0 Å². The van der Waals surface area contributed by atoms with Crippen molar-refractivity contribution >= 4 is 0 Å². The molecule has 0 amide bonds. The van der Waals surface area contributed by atoms with Crippen LogP contribution in [-0.4, -0.2) is 0 Å². The highest BCUT2D eigenvalue weighted by Crippen LogP contribution is 2.27. The lowest BCUT2D eigenvalue weighted by atomic mass is 10.2. The molecular weight excluding hydrogens is 205 g/mol. The Morgan fingerprint density at radius 2 is 1.75 bits per heavy atom. The number of nitrogens with zero attached hydrogens (tertiary/aromatic N) is 1. The molecular formula is C13H8FNO. The summed E-state index contributed by atoms with van der Waals surface area (Å²) in [6.07, 6.45) is 0. The number of hydrogen-bond acceptors (Lipinski definition) is 2. The Bertz CT molecular complexity index is 531. The minimum absolute atomic E-state index is 0.0313. The summed E-state index contributed by atoms with van der Waals surface area (Å²) in [4.78, 5) is 0. The van der Waals surface area contributed by atoms with Gasteiger partial charge < -0.3 is 4.74 Å². The van der Waals surface area contributed by atoms with Crippen molar-refractivity contribution in [3.05, 3.63) is 59.9 Å². The second-order valence-corrected chi connectivity index (χ2v) is 3.14. The van der Waals surface area contributed by atoms with E-state index in [0.717, 1.165) is 0 Å². The van der Waals surface area contributed by atoms with Crippen molar-refractivity contribution in [1.82, 2.24) is 0 Å². The van der Waals surface area contributed by atoms with Crippen molar-refractivity contribution in [3.8, 4) is 17.6 Å². The second kappa shape index (κ2) is 4.45. The second-order valence-electron chi connectivity index (χ2n) is 3.14. The van der Waals surface area contributed by atoms with Gasteiger partial charge in [-0.15, -0.1) is 0 Å². The maximum atomic E-state index is 13.4. The van der Waals surface area contributed by atoms with Gasteiger partial charge in [-0.05, 0) is 24.3 Å². The number of rotatable bonds is 2. The summed E-state index contributed by atoms with van der Waals surface area (Å²) in [7, 11) is 0. The lowest BCUT2D eigenvalue weighted by molar-refractivity contribution is 0.441. The molecule has 0 aliphatic rings. The first-order valence-electron chi connectivity index (χ1n) is 4.73. The summed E-state index contributed by atoms with van der Waals surface area (Å²) in [5.74, 6) is -0.0665. The van der Waals surface area contributed by atoms with Crippen molar-refractivity contribution in [2.75, 3.05) is 0 Å². The minimum Gasteiger partial charge on any atom is -0.453 e. The van der Waals surface area contributed by atoms with Gasteiger partial charge in [0.15, 0.2) is 11.6 Å². The van der Waals surface area contributed by atoms with Gasteiger partial charge in [-0.1, -0.05) is 24.3 Å². The van der Waals surface area contributed by atoms with Gasteiger partial charge in [0.05, 0.1) is 5.56 Å². The maximum Gasteiger partial charge on any atom is 0.180 e. The third kappa shape index (κ3) is 2.01. The Kier molecular flexibility index (Phi) is 2.84. The molecule has 2 rings (SSSR count). The molecule has 0 saturated carbocycles. The van der Waals surface area contributed by atoms with Gasteiger partial charge in [-0.3, -0.25) is 0 Å². The monoisotopic (exact) mass is 213 g/mol. The quantitative estimate of drug-likeness (QED) is 0.764. The molecule has 0 heterocycles. The van der Waals surface area contributed by atoms with Gasteiger partial charge in [-0.2, -0.15) is 5.26 Å². The average Bonchev–Trinajstić information content (AvgIpc) is 2.33. The van der Waals surface area contributed by atoms with Crippen LogP contribution < -0.4 is 4.74 Å². The first kappa shape index (κ1) is 10.2. The molecule has 0 aromatic heterocycles. The Balaban J connectivity index is 2.39. The van der Waals surface area contributed by atoms with Crippen LogP contribution in [0.15, 0.2) is 48.5 Å². The molecule has 0 radical (unpaired) electrons. The summed E-state index contributed by atoms with van der Waals surface area (Å²) < 4.78 is 18.8. The highest BCUT2D eigenvalue weighted by molar-refractivity contribution is 5.45. The minimum atomic E-state index is -0.539. The maximum absolute atomic E-state index is 13.4. The molecule has 0 unspecified atom stereocenters. The van der Waals surface area contributed by atoms with E-state index in [0.29, 0.717) is 5.75 Å². The molecule has 0 fully saturated rings. The van der Waals surface area contributed by atoms with Gasteiger partial charge >= 0.3 is 0 Å². The Morgan fingerprint density at radius 1 is 1.00 bits per heavy atom. The molecule has 2 aromatic carbocycles. The Morgan fingerprint density at radius 3 is 2.44 bits per heavy atom. The van der Waals surface area contributed by atoms with Crippen LogP contribution in [0.2, 0.25) is 0 Å². The van der Waals surface area contributed by atoms with E-state index >= 15 is 0 Å².